The quantitative estimate of drug-likeness (QED) is 0.892. The van der Waals surface area contributed by atoms with Crippen molar-refractivity contribution in [3.8, 4) is 0 Å². The van der Waals surface area contributed by atoms with Gasteiger partial charge >= 0.3 is 0 Å². The Balaban J connectivity index is 1.49. The molecule has 2 N–H and O–H groups in total. The van der Waals surface area contributed by atoms with Crippen LogP contribution in [0, 0.1) is 11.8 Å². The van der Waals surface area contributed by atoms with Crippen LogP contribution >= 0.6 is 23.2 Å². The van der Waals surface area contributed by atoms with E-state index in [9.17, 15) is 4.79 Å². The first-order valence-corrected chi connectivity index (χ1v) is 8.34. The fourth-order valence-corrected chi connectivity index (χ4v) is 3.38. The molecule has 0 aromatic heterocycles. The van der Waals surface area contributed by atoms with Gasteiger partial charge in [0.15, 0.2) is 0 Å². The number of amides is 1. The van der Waals surface area contributed by atoms with Crippen LogP contribution in [0.4, 0.5) is 0 Å². The molecule has 1 heterocycles. The molecule has 1 aliphatic heterocycles. The van der Waals surface area contributed by atoms with Gasteiger partial charge in [-0.1, -0.05) is 29.3 Å². The molecule has 0 spiro atoms. The third-order valence-electron chi connectivity index (χ3n) is 4.46. The van der Waals surface area contributed by atoms with Crippen molar-refractivity contribution in [3.63, 3.8) is 0 Å². The highest BCUT2D eigenvalue weighted by Crippen LogP contribution is 2.48. The maximum Gasteiger partial charge on any atom is 0.223 e. The van der Waals surface area contributed by atoms with E-state index in [2.05, 4.69) is 10.6 Å². The zero-order chi connectivity index (χ0) is 14.8. The first-order chi connectivity index (χ1) is 10.1. The highest BCUT2D eigenvalue weighted by atomic mass is 35.5. The fourth-order valence-electron chi connectivity index (χ4n) is 3.07. The molecular formula is C16H20Cl2N2O. The van der Waals surface area contributed by atoms with Crippen LogP contribution in [-0.4, -0.2) is 25.5 Å². The van der Waals surface area contributed by atoms with Crippen molar-refractivity contribution in [1.82, 2.24) is 10.6 Å². The summed E-state index contributed by atoms with van der Waals surface area (Å²) >= 11 is 12.0. The number of nitrogens with one attached hydrogen (secondary N) is 2. The van der Waals surface area contributed by atoms with Gasteiger partial charge in [-0.05, 0) is 61.9 Å². The number of benzene rings is 1. The minimum absolute atomic E-state index is 0.0961. The molecule has 3 rings (SSSR count). The number of carbonyl (C=O) groups is 1. The molecule has 2 aliphatic rings. The van der Waals surface area contributed by atoms with Crippen LogP contribution in [-0.2, 0) is 4.79 Å². The highest BCUT2D eigenvalue weighted by Gasteiger charge is 2.44. The molecular weight excluding hydrogens is 307 g/mol. The summed E-state index contributed by atoms with van der Waals surface area (Å²) in [5.41, 5.74) is 1.11. The third kappa shape index (κ3) is 3.71. The minimum Gasteiger partial charge on any atom is -0.356 e. The molecule has 1 aromatic carbocycles. The Morgan fingerprint density at radius 2 is 2.19 bits per heavy atom. The second-order valence-electron chi connectivity index (χ2n) is 6.08. The Bertz CT molecular complexity index is 529. The standard InChI is InChI=1S/C16H20Cl2N2O/c17-14-4-3-11(6-15(14)18)12-7-13(12)16(21)20-9-10-2-1-5-19-8-10/h3-4,6,10,12-13,19H,1-2,5,7-9H2,(H,20,21). The van der Waals surface area contributed by atoms with Crippen LogP contribution in [0.2, 0.25) is 10.0 Å². The van der Waals surface area contributed by atoms with Crippen LogP contribution in [0.3, 0.4) is 0 Å². The number of hydrogen-bond donors (Lipinski definition) is 2. The van der Waals surface area contributed by atoms with E-state index in [0.717, 1.165) is 31.6 Å². The fraction of sp³-hybridized carbons (Fsp3) is 0.562. The molecule has 1 aliphatic carbocycles. The summed E-state index contributed by atoms with van der Waals surface area (Å²) in [6.07, 6.45) is 3.32. The lowest BCUT2D eigenvalue weighted by Gasteiger charge is -2.22. The van der Waals surface area contributed by atoms with E-state index in [-0.39, 0.29) is 11.8 Å². The third-order valence-corrected chi connectivity index (χ3v) is 5.20. The van der Waals surface area contributed by atoms with Crippen LogP contribution < -0.4 is 10.6 Å². The lowest BCUT2D eigenvalue weighted by atomic mass is 9.99. The maximum absolute atomic E-state index is 12.2. The lowest BCUT2D eigenvalue weighted by Crippen LogP contribution is -2.38. The first-order valence-electron chi connectivity index (χ1n) is 7.58. The number of halogens is 2. The lowest BCUT2D eigenvalue weighted by molar-refractivity contribution is -0.122. The van der Waals surface area contributed by atoms with Crippen molar-refractivity contribution in [1.29, 1.82) is 0 Å². The Morgan fingerprint density at radius 1 is 1.33 bits per heavy atom. The highest BCUT2D eigenvalue weighted by molar-refractivity contribution is 6.42. The molecule has 1 aromatic rings. The van der Waals surface area contributed by atoms with Gasteiger partial charge in [0.05, 0.1) is 10.0 Å². The Kier molecular flexibility index (Phi) is 4.72. The first kappa shape index (κ1) is 15.1. The van der Waals surface area contributed by atoms with Crippen molar-refractivity contribution in [3.05, 3.63) is 33.8 Å². The van der Waals surface area contributed by atoms with Crippen LogP contribution in [0.25, 0.3) is 0 Å². The molecule has 3 atom stereocenters. The second kappa shape index (κ2) is 6.55. The monoisotopic (exact) mass is 326 g/mol. The Labute approximate surface area is 135 Å². The number of rotatable bonds is 4. The predicted molar refractivity (Wildman–Crippen MR) is 85.9 cm³/mol. The molecule has 5 heteroatoms. The van der Waals surface area contributed by atoms with E-state index < -0.39 is 0 Å². The largest absolute Gasteiger partial charge is 0.356 e. The van der Waals surface area contributed by atoms with Crippen molar-refractivity contribution in [2.24, 2.45) is 11.8 Å². The molecule has 1 saturated carbocycles. The summed E-state index contributed by atoms with van der Waals surface area (Å²) in [6.45, 7) is 2.91. The summed E-state index contributed by atoms with van der Waals surface area (Å²) in [4.78, 5) is 12.2. The second-order valence-corrected chi connectivity index (χ2v) is 6.89. The zero-order valence-electron chi connectivity index (χ0n) is 11.9. The van der Waals surface area contributed by atoms with Gasteiger partial charge in [0.25, 0.3) is 0 Å². The van der Waals surface area contributed by atoms with Crippen molar-refractivity contribution >= 4 is 29.1 Å². The van der Waals surface area contributed by atoms with E-state index in [1.165, 1.54) is 12.8 Å². The van der Waals surface area contributed by atoms with E-state index >= 15 is 0 Å². The van der Waals surface area contributed by atoms with Crippen molar-refractivity contribution < 1.29 is 4.79 Å². The van der Waals surface area contributed by atoms with Gasteiger partial charge < -0.3 is 10.6 Å². The van der Waals surface area contributed by atoms with E-state index in [1.807, 2.05) is 12.1 Å². The van der Waals surface area contributed by atoms with Gasteiger partial charge in [0, 0.05) is 12.5 Å². The van der Waals surface area contributed by atoms with Gasteiger partial charge in [0.1, 0.15) is 0 Å². The number of piperidine rings is 1. The summed E-state index contributed by atoms with van der Waals surface area (Å²) in [5.74, 6) is 1.14. The summed E-state index contributed by atoms with van der Waals surface area (Å²) in [5, 5.41) is 7.60. The molecule has 0 radical (unpaired) electrons. The smallest absolute Gasteiger partial charge is 0.223 e. The van der Waals surface area contributed by atoms with Crippen LogP contribution in [0.5, 0.6) is 0 Å². The summed E-state index contributed by atoms with van der Waals surface area (Å²) in [7, 11) is 0. The molecule has 21 heavy (non-hydrogen) atoms. The SMILES string of the molecule is O=C(NCC1CCCNC1)C1CC1c1ccc(Cl)c(Cl)c1. The zero-order valence-corrected chi connectivity index (χ0v) is 13.4. The Morgan fingerprint density at radius 3 is 2.90 bits per heavy atom. The normalized spacial score (nSPS) is 28.2. The average Bonchev–Trinajstić information content (AvgIpc) is 3.29. The van der Waals surface area contributed by atoms with E-state index in [1.54, 1.807) is 6.07 Å². The molecule has 1 saturated heterocycles. The van der Waals surface area contributed by atoms with Gasteiger partial charge in [0.2, 0.25) is 5.91 Å². The summed E-state index contributed by atoms with van der Waals surface area (Å²) < 4.78 is 0. The molecule has 1 amide bonds. The van der Waals surface area contributed by atoms with Gasteiger partial charge in [-0.3, -0.25) is 4.79 Å². The van der Waals surface area contributed by atoms with Gasteiger partial charge in [-0.2, -0.15) is 0 Å². The maximum atomic E-state index is 12.2. The molecule has 3 unspecified atom stereocenters. The predicted octanol–water partition coefficient (Wildman–Crippen LogP) is 3.21. The molecule has 2 fully saturated rings. The van der Waals surface area contributed by atoms with E-state index in [0.29, 0.717) is 21.9 Å². The van der Waals surface area contributed by atoms with Crippen molar-refractivity contribution in [2.45, 2.75) is 25.2 Å². The number of carbonyl (C=O) groups excluding carboxylic acids is 1. The van der Waals surface area contributed by atoms with E-state index in [4.69, 9.17) is 23.2 Å². The Hall–Kier alpha value is -0.770. The topological polar surface area (TPSA) is 41.1 Å². The van der Waals surface area contributed by atoms with Gasteiger partial charge in [-0.15, -0.1) is 0 Å². The van der Waals surface area contributed by atoms with Crippen LogP contribution in [0.1, 0.15) is 30.7 Å². The average molecular weight is 327 g/mol. The van der Waals surface area contributed by atoms with Crippen molar-refractivity contribution in [2.75, 3.05) is 19.6 Å². The molecule has 0 bridgehead atoms. The van der Waals surface area contributed by atoms with Gasteiger partial charge in [-0.25, -0.2) is 0 Å². The minimum atomic E-state index is 0.0961. The molecule has 114 valence electrons. The number of hydrogen-bond acceptors (Lipinski definition) is 2. The van der Waals surface area contributed by atoms with Crippen LogP contribution in [0.15, 0.2) is 18.2 Å². The molecule has 3 nitrogen and oxygen atoms in total. The summed E-state index contributed by atoms with van der Waals surface area (Å²) in [6, 6.07) is 5.66.